The van der Waals surface area contributed by atoms with Gasteiger partial charge < -0.3 is 14.4 Å². The third kappa shape index (κ3) is 2.01. The number of ether oxygens (including phenoxy) is 1. The Morgan fingerprint density at radius 1 is 1.40 bits per heavy atom. The summed E-state index contributed by atoms with van der Waals surface area (Å²) in [4.78, 5) is 4.71. The molecule has 20 heavy (non-hydrogen) atoms. The number of methoxy groups -OCH3 is 1. The first-order chi connectivity index (χ1) is 9.65. The van der Waals surface area contributed by atoms with E-state index in [-0.39, 0.29) is 6.61 Å². The van der Waals surface area contributed by atoms with Crippen molar-refractivity contribution >= 4 is 11.8 Å². The van der Waals surface area contributed by atoms with E-state index in [1.807, 2.05) is 6.92 Å². The van der Waals surface area contributed by atoms with Gasteiger partial charge in [-0.2, -0.15) is 0 Å². The van der Waals surface area contributed by atoms with Gasteiger partial charge in [-0.05, 0) is 31.0 Å². The molecule has 0 amide bonds. The van der Waals surface area contributed by atoms with Crippen LogP contribution in [-0.2, 0) is 13.2 Å². The number of rotatable bonds is 3. The quantitative estimate of drug-likeness (QED) is 0.944. The first-order valence-corrected chi connectivity index (χ1v) is 7.63. The molecule has 2 heterocycles. The van der Waals surface area contributed by atoms with Crippen LogP contribution >= 0.6 is 11.8 Å². The number of aromatic nitrogens is 2. The lowest BCUT2D eigenvalue weighted by atomic mass is 10.0. The number of hydrogen-bond acceptors (Lipinski definition) is 4. The van der Waals surface area contributed by atoms with E-state index in [1.165, 1.54) is 5.56 Å². The first-order valence-electron chi connectivity index (χ1n) is 6.64. The van der Waals surface area contributed by atoms with Crippen molar-refractivity contribution in [2.75, 3.05) is 12.9 Å². The molecule has 4 nitrogen and oxygen atoms in total. The zero-order chi connectivity index (χ0) is 14.3. The molecule has 2 aromatic rings. The zero-order valence-electron chi connectivity index (χ0n) is 11.9. The average Bonchev–Trinajstić information content (AvgIpc) is 2.97. The molecule has 1 aliphatic rings. The fourth-order valence-electron chi connectivity index (χ4n) is 2.81. The fraction of sp³-hybridized carbons (Fsp3) is 0.400. The van der Waals surface area contributed by atoms with Gasteiger partial charge in [-0.25, -0.2) is 4.98 Å². The third-order valence-corrected chi connectivity index (χ3v) is 4.57. The molecule has 1 aromatic carbocycles. The lowest BCUT2D eigenvalue weighted by Gasteiger charge is -2.13. The highest BCUT2D eigenvalue weighted by Gasteiger charge is 2.24. The van der Waals surface area contributed by atoms with Crippen LogP contribution in [0.3, 0.4) is 0 Å². The Bertz CT molecular complexity index is 664. The van der Waals surface area contributed by atoms with Crippen LogP contribution in [0.15, 0.2) is 17.3 Å². The molecule has 0 spiro atoms. The van der Waals surface area contributed by atoms with Crippen molar-refractivity contribution in [1.29, 1.82) is 0 Å². The summed E-state index contributed by atoms with van der Waals surface area (Å²) in [6.45, 7) is 5.01. The Hall–Kier alpha value is -1.46. The maximum atomic E-state index is 9.72. The maximum absolute atomic E-state index is 9.72. The van der Waals surface area contributed by atoms with Gasteiger partial charge in [0.25, 0.3) is 0 Å². The topological polar surface area (TPSA) is 47.3 Å². The number of aryl methyl sites for hydroxylation is 2. The molecule has 1 aromatic heterocycles. The third-order valence-electron chi connectivity index (χ3n) is 3.61. The number of benzene rings is 1. The largest absolute Gasteiger partial charge is 0.496 e. The van der Waals surface area contributed by atoms with Crippen molar-refractivity contribution < 1.29 is 9.84 Å². The zero-order valence-corrected chi connectivity index (χ0v) is 12.8. The Labute approximate surface area is 122 Å². The lowest BCUT2D eigenvalue weighted by Crippen LogP contribution is -2.02. The summed E-state index contributed by atoms with van der Waals surface area (Å²) in [7, 11) is 1.68. The highest BCUT2D eigenvalue weighted by atomic mass is 32.2. The van der Waals surface area contributed by atoms with Crippen LogP contribution in [0.4, 0.5) is 0 Å². The highest BCUT2D eigenvalue weighted by molar-refractivity contribution is 7.99. The molecule has 106 valence electrons. The van der Waals surface area contributed by atoms with Gasteiger partial charge >= 0.3 is 0 Å². The normalized spacial score (nSPS) is 13.6. The monoisotopic (exact) mass is 290 g/mol. The van der Waals surface area contributed by atoms with Crippen LogP contribution in [0.25, 0.3) is 11.3 Å². The number of fused-ring (bicyclic) bond motifs is 1. The van der Waals surface area contributed by atoms with Crippen LogP contribution in [0, 0.1) is 13.8 Å². The van der Waals surface area contributed by atoms with Crippen molar-refractivity contribution in [3.05, 3.63) is 29.0 Å². The Morgan fingerprint density at radius 2 is 2.20 bits per heavy atom. The molecule has 5 heteroatoms. The second-order valence-corrected chi connectivity index (χ2v) is 6.07. The van der Waals surface area contributed by atoms with Gasteiger partial charge in [0.05, 0.1) is 25.1 Å². The van der Waals surface area contributed by atoms with Crippen molar-refractivity contribution in [2.45, 2.75) is 32.2 Å². The minimum Gasteiger partial charge on any atom is -0.496 e. The molecular formula is C15H18N2O2S. The summed E-state index contributed by atoms with van der Waals surface area (Å²) in [5.74, 6) is 1.87. The second kappa shape index (κ2) is 5.14. The van der Waals surface area contributed by atoms with E-state index in [4.69, 9.17) is 9.72 Å². The molecule has 1 aliphatic heterocycles. The fourth-order valence-corrected chi connectivity index (χ4v) is 3.78. The summed E-state index contributed by atoms with van der Waals surface area (Å²) in [6, 6.07) is 4.17. The van der Waals surface area contributed by atoms with Gasteiger partial charge in [0.2, 0.25) is 0 Å². The predicted octanol–water partition coefficient (Wildman–Crippen LogP) is 2.77. The van der Waals surface area contributed by atoms with Crippen molar-refractivity contribution in [2.24, 2.45) is 0 Å². The van der Waals surface area contributed by atoms with Gasteiger partial charge in [0.1, 0.15) is 5.75 Å². The minimum absolute atomic E-state index is 0.000955. The molecule has 0 fully saturated rings. The summed E-state index contributed by atoms with van der Waals surface area (Å²) in [5.41, 5.74) is 4.96. The van der Waals surface area contributed by atoms with Gasteiger partial charge in [-0.3, -0.25) is 0 Å². The molecule has 0 unspecified atom stereocenters. The van der Waals surface area contributed by atoms with Gasteiger partial charge in [-0.1, -0.05) is 17.8 Å². The second-order valence-electron chi connectivity index (χ2n) is 5.01. The van der Waals surface area contributed by atoms with Gasteiger partial charge in [0, 0.05) is 17.9 Å². The van der Waals surface area contributed by atoms with Crippen LogP contribution in [0.2, 0.25) is 0 Å². The predicted molar refractivity (Wildman–Crippen MR) is 80.3 cm³/mol. The molecule has 0 saturated carbocycles. The number of thioether (sulfide) groups is 1. The molecule has 0 aliphatic carbocycles. The van der Waals surface area contributed by atoms with Crippen LogP contribution in [0.1, 0.15) is 16.8 Å². The van der Waals surface area contributed by atoms with Crippen LogP contribution in [0.5, 0.6) is 5.75 Å². The minimum atomic E-state index is -0.000955. The lowest BCUT2D eigenvalue weighted by molar-refractivity contribution is 0.271. The van der Waals surface area contributed by atoms with E-state index in [0.29, 0.717) is 0 Å². The van der Waals surface area contributed by atoms with E-state index >= 15 is 0 Å². The molecule has 0 radical (unpaired) electrons. The molecule has 0 bridgehead atoms. The van der Waals surface area contributed by atoms with Crippen molar-refractivity contribution in [3.8, 4) is 17.0 Å². The van der Waals surface area contributed by atoms with E-state index < -0.39 is 0 Å². The van der Waals surface area contributed by atoms with Crippen LogP contribution in [-0.4, -0.2) is 27.5 Å². The standard InChI is InChI=1S/C15H18N2O2S/c1-9-6-10(2)14(19-3)11(7-9)13-12(8-18)17-4-5-20-15(17)16-13/h6-7,18H,4-5,8H2,1-3H3. The van der Waals surface area contributed by atoms with E-state index in [2.05, 4.69) is 23.6 Å². The summed E-state index contributed by atoms with van der Waals surface area (Å²) < 4.78 is 7.66. The number of hydrogen-bond donors (Lipinski definition) is 1. The molecule has 0 atom stereocenters. The van der Waals surface area contributed by atoms with E-state index in [9.17, 15) is 5.11 Å². The average molecular weight is 290 g/mol. The Balaban J connectivity index is 2.24. The molecular weight excluding hydrogens is 272 g/mol. The highest BCUT2D eigenvalue weighted by Crippen LogP contribution is 2.39. The maximum Gasteiger partial charge on any atom is 0.168 e. The smallest absolute Gasteiger partial charge is 0.168 e. The summed E-state index contributed by atoms with van der Waals surface area (Å²) >= 11 is 1.73. The van der Waals surface area contributed by atoms with E-state index in [1.54, 1.807) is 18.9 Å². The summed E-state index contributed by atoms with van der Waals surface area (Å²) in [5, 5.41) is 10.7. The number of aliphatic hydroxyl groups excluding tert-OH is 1. The molecule has 0 saturated heterocycles. The first kappa shape index (κ1) is 13.5. The van der Waals surface area contributed by atoms with Gasteiger partial charge in [0.15, 0.2) is 5.16 Å². The van der Waals surface area contributed by atoms with Crippen LogP contribution < -0.4 is 4.74 Å². The number of aliphatic hydroxyl groups is 1. The van der Waals surface area contributed by atoms with Gasteiger partial charge in [-0.15, -0.1) is 0 Å². The van der Waals surface area contributed by atoms with E-state index in [0.717, 1.165) is 45.7 Å². The Kier molecular flexibility index (Phi) is 3.48. The molecule has 1 N–H and O–H groups in total. The Morgan fingerprint density at radius 3 is 2.90 bits per heavy atom. The summed E-state index contributed by atoms with van der Waals surface area (Å²) in [6.07, 6.45) is 0. The SMILES string of the molecule is COc1c(C)cc(C)cc1-c1nc2n(c1CO)CCS2. The van der Waals surface area contributed by atoms with Crippen molar-refractivity contribution in [1.82, 2.24) is 9.55 Å². The van der Waals surface area contributed by atoms with Crippen molar-refractivity contribution in [3.63, 3.8) is 0 Å². The molecule has 3 rings (SSSR count). The number of imidazole rings is 1. The number of nitrogens with zero attached hydrogens (tertiary/aromatic N) is 2.